The molecule has 2 aromatic rings. The molecule has 5 rings (SSSR count). The van der Waals surface area contributed by atoms with Crippen molar-refractivity contribution in [2.24, 2.45) is 11.8 Å². The fraction of sp³-hybridized carbons (Fsp3) is 0.441. The number of benzene rings is 2. The maximum Gasteiger partial charge on any atom is 0.248 e. The van der Waals surface area contributed by atoms with Crippen LogP contribution in [-0.2, 0) is 25.7 Å². The van der Waals surface area contributed by atoms with E-state index in [9.17, 15) is 19.5 Å². The Hall–Kier alpha value is -3.75. The van der Waals surface area contributed by atoms with Gasteiger partial charge in [0.1, 0.15) is 11.6 Å². The summed E-state index contributed by atoms with van der Waals surface area (Å²) >= 11 is 0. The maximum atomic E-state index is 14.6. The Morgan fingerprint density at radius 2 is 1.69 bits per heavy atom. The number of nitrogens with zero attached hydrogens (tertiary/aromatic N) is 3. The zero-order chi connectivity index (χ0) is 30.0. The molecule has 222 valence electrons. The molecule has 2 bridgehead atoms. The molecule has 3 aliphatic rings. The molecule has 3 saturated heterocycles. The van der Waals surface area contributed by atoms with Crippen LogP contribution in [-0.4, -0.2) is 81.0 Å². The summed E-state index contributed by atoms with van der Waals surface area (Å²) in [6.07, 6.45) is 3.95. The third-order valence-electron chi connectivity index (χ3n) is 9.06. The van der Waals surface area contributed by atoms with Crippen LogP contribution in [0.4, 0.5) is 0 Å². The van der Waals surface area contributed by atoms with Crippen LogP contribution in [0.3, 0.4) is 0 Å². The van der Waals surface area contributed by atoms with Gasteiger partial charge in [0.2, 0.25) is 17.7 Å². The van der Waals surface area contributed by atoms with Crippen LogP contribution in [0.25, 0.3) is 0 Å². The quantitative estimate of drug-likeness (QED) is 0.392. The van der Waals surface area contributed by atoms with Crippen molar-refractivity contribution in [2.75, 3.05) is 19.7 Å². The summed E-state index contributed by atoms with van der Waals surface area (Å²) in [6, 6.07) is 17.1. The van der Waals surface area contributed by atoms with E-state index in [-0.39, 0.29) is 30.4 Å². The predicted octanol–water partition coefficient (Wildman–Crippen LogP) is 3.73. The standard InChI is InChI=1S/C34H41N3O5/c1-5-19-35(21-24-13-9-7-10-14-24)31(39)28-27-17-18-34(42-27)29(28)32(40)37(26(22-38)25-15-11-8-12-16-25)30(34)33(41)36(20-6-2)23(3)4/h5-16,23,26-30,38H,1-2,17-22H2,3-4H3/t26-,27+,28-,29+,30?,34?/m1/s1. The van der Waals surface area contributed by atoms with E-state index in [0.29, 0.717) is 32.5 Å². The van der Waals surface area contributed by atoms with Gasteiger partial charge in [0.15, 0.2) is 0 Å². The number of rotatable bonds is 12. The molecule has 1 spiro atoms. The Kier molecular flexibility index (Phi) is 8.66. The first-order chi connectivity index (χ1) is 20.3. The van der Waals surface area contributed by atoms with Crippen LogP contribution in [0.1, 0.15) is 43.9 Å². The summed E-state index contributed by atoms with van der Waals surface area (Å²) in [5.41, 5.74) is 0.528. The third-order valence-corrected chi connectivity index (χ3v) is 9.06. The van der Waals surface area contributed by atoms with Gasteiger partial charge in [0, 0.05) is 25.7 Å². The number of carbonyl (C=O) groups is 3. The van der Waals surface area contributed by atoms with Crippen molar-refractivity contribution < 1.29 is 24.2 Å². The summed E-state index contributed by atoms with van der Waals surface area (Å²) in [5.74, 6) is -2.33. The molecule has 3 amide bonds. The van der Waals surface area contributed by atoms with Crippen LogP contribution in [0.15, 0.2) is 86.0 Å². The maximum absolute atomic E-state index is 14.6. The van der Waals surface area contributed by atoms with Gasteiger partial charge in [-0.1, -0.05) is 72.8 Å². The van der Waals surface area contributed by atoms with Crippen LogP contribution in [0.2, 0.25) is 0 Å². The van der Waals surface area contributed by atoms with Crippen molar-refractivity contribution in [2.45, 2.75) is 63.1 Å². The zero-order valence-electron chi connectivity index (χ0n) is 24.5. The van der Waals surface area contributed by atoms with E-state index in [2.05, 4.69) is 13.2 Å². The monoisotopic (exact) mass is 571 g/mol. The van der Waals surface area contributed by atoms with Gasteiger partial charge in [-0.15, -0.1) is 13.2 Å². The van der Waals surface area contributed by atoms with E-state index < -0.39 is 35.6 Å². The summed E-state index contributed by atoms with van der Waals surface area (Å²) in [6.45, 7) is 12.2. The molecule has 2 unspecified atom stereocenters. The molecule has 6 atom stereocenters. The van der Waals surface area contributed by atoms with Crippen LogP contribution in [0, 0.1) is 11.8 Å². The Labute approximate surface area is 248 Å². The summed E-state index contributed by atoms with van der Waals surface area (Å²) < 4.78 is 6.68. The lowest BCUT2D eigenvalue weighted by molar-refractivity contribution is -0.153. The third kappa shape index (κ3) is 4.96. The zero-order valence-corrected chi connectivity index (χ0v) is 24.5. The molecular weight excluding hydrogens is 530 g/mol. The summed E-state index contributed by atoms with van der Waals surface area (Å²) in [4.78, 5) is 48.4. The number of amides is 3. The van der Waals surface area contributed by atoms with Crippen molar-refractivity contribution in [1.29, 1.82) is 0 Å². The van der Waals surface area contributed by atoms with Crippen molar-refractivity contribution in [1.82, 2.24) is 14.7 Å². The lowest BCUT2D eigenvalue weighted by atomic mass is 9.70. The summed E-state index contributed by atoms with van der Waals surface area (Å²) in [5, 5.41) is 10.7. The Bertz CT molecular complexity index is 1310. The number of likely N-dealkylation sites (tertiary alicyclic amines) is 1. The molecule has 0 radical (unpaired) electrons. The van der Waals surface area contributed by atoms with Gasteiger partial charge < -0.3 is 24.5 Å². The molecular formula is C34H41N3O5. The van der Waals surface area contributed by atoms with E-state index in [1.807, 2.05) is 74.5 Å². The highest BCUT2D eigenvalue weighted by Gasteiger charge is 2.75. The SMILES string of the molecule is C=CCN(Cc1ccccc1)C(=O)[C@@H]1[C@@H]2CCC3(O2)C(C(=O)N(CC=C)C(C)C)N([C@H](CO)c2ccccc2)C(=O)[C@H]13. The minimum Gasteiger partial charge on any atom is -0.394 e. The van der Waals surface area contributed by atoms with E-state index in [1.165, 1.54) is 4.90 Å². The molecule has 3 fully saturated rings. The number of hydrogen-bond donors (Lipinski definition) is 1. The first-order valence-electron chi connectivity index (χ1n) is 14.8. The lowest BCUT2D eigenvalue weighted by Crippen LogP contribution is -2.58. The normalized spacial score (nSPS) is 26.7. The number of hydrogen-bond acceptors (Lipinski definition) is 5. The van der Waals surface area contributed by atoms with Crippen molar-refractivity contribution in [3.63, 3.8) is 0 Å². The molecule has 3 heterocycles. The lowest BCUT2D eigenvalue weighted by Gasteiger charge is -2.40. The van der Waals surface area contributed by atoms with Gasteiger partial charge in [-0.25, -0.2) is 0 Å². The molecule has 2 aromatic carbocycles. The number of aliphatic hydroxyl groups is 1. The fourth-order valence-electron chi connectivity index (χ4n) is 7.27. The summed E-state index contributed by atoms with van der Waals surface area (Å²) in [7, 11) is 0. The van der Waals surface area contributed by atoms with Gasteiger partial charge in [-0.05, 0) is 37.8 Å². The van der Waals surface area contributed by atoms with E-state index >= 15 is 0 Å². The van der Waals surface area contributed by atoms with Crippen LogP contribution < -0.4 is 0 Å². The molecule has 42 heavy (non-hydrogen) atoms. The van der Waals surface area contributed by atoms with E-state index in [4.69, 9.17) is 4.74 Å². The molecule has 8 heteroatoms. The largest absolute Gasteiger partial charge is 0.394 e. The Morgan fingerprint density at radius 1 is 1.05 bits per heavy atom. The second kappa shape index (κ2) is 12.2. The molecule has 1 N–H and O–H groups in total. The Morgan fingerprint density at radius 3 is 2.29 bits per heavy atom. The van der Waals surface area contributed by atoms with Crippen LogP contribution in [0.5, 0.6) is 0 Å². The number of fused-ring (bicyclic) bond motifs is 1. The minimum atomic E-state index is -1.16. The topological polar surface area (TPSA) is 90.4 Å². The van der Waals surface area contributed by atoms with E-state index in [1.54, 1.807) is 22.0 Å². The number of ether oxygens (including phenoxy) is 1. The molecule has 0 aliphatic carbocycles. The Balaban J connectivity index is 1.58. The second-order valence-electron chi connectivity index (χ2n) is 11.8. The average molecular weight is 572 g/mol. The average Bonchev–Trinajstić information content (AvgIpc) is 3.64. The molecule has 0 saturated carbocycles. The van der Waals surface area contributed by atoms with Gasteiger partial charge >= 0.3 is 0 Å². The van der Waals surface area contributed by atoms with Crippen molar-refractivity contribution >= 4 is 17.7 Å². The molecule has 8 nitrogen and oxygen atoms in total. The predicted molar refractivity (Wildman–Crippen MR) is 160 cm³/mol. The minimum absolute atomic E-state index is 0.155. The first kappa shape index (κ1) is 29.7. The van der Waals surface area contributed by atoms with Crippen molar-refractivity contribution in [3.05, 3.63) is 97.1 Å². The second-order valence-corrected chi connectivity index (χ2v) is 11.8. The van der Waals surface area contributed by atoms with Gasteiger partial charge in [0.05, 0.1) is 30.6 Å². The molecule has 3 aliphatic heterocycles. The number of aliphatic hydroxyl groups excluding tert-OH is 1. The van der Waals surface area contributed by atoms with Gasteiger partial charge in [-0.3, -0.25) is 14.4 Å². The van der Waals surface area contributed by atoms with Crippen molar-refractivity contribution in [3.8, 4) is 0 Å². The highest BCUT2D eigenvalue weighted by molar-refractivity contribution is 5.99. The number of carbonyl (C=O) groups excluding carboxylic acids is 3. The highest BCUT2D eigenvalue weighted by atomic mass is 16.5. The van der Waals surface area contributed by atoms with Gasteiger partial charge in [0.25, 0.3) is 0 Å². The fourth-order valence-corrected chi connectivity index (χ4v) is 7.27. The smallest absolute Gasteiger partial charge is 0.248 e. The molecule has 0 aromatic heterocycles. The first-order valence-corrected chi connectivity index (χ1v) is 14.8. The van der Waals surface area contributed by atoms with Gasteiger partial charge in [-0.2, -0.15) is 0 Å². The van der Waals surface area contributed by atoms with E-state index in [0.717, 1.165) is 11.1 Å². The van der Waals surface area contributed by atoms with Crippen LogP contribution >= 0.6 is 0 Å². The highest BCUT2D eigenvalue weighted by Crippen LogP contribution is 2.60.